The summed E-state index contributed by atoms with van der Waals surface area (Å²) in [5.74, 6) is 0.270. The first-order chi connectivity index (χ1) is 33.8. The molecule has 8 aromatic rings. The third-order valence-corrected chi connectivity index (χ3v) is 17.3. The van der Waals surface area contributed by atoms with Crippen LogP contribution < -0.4 is 20.7 Å². The fourth-order valence-corrected chi connectivity index (χ4v) is 13.3. The van der Waals surface area contributed by atoms with Crippen LogP contribution >= 0.6 is 11.3 Å². The molecule has 4 heterocycles. The van der Waals surface area contributed by atoms with Gasteiger partial charge in [0.1, 0.15) is 0 Å². The Bertz CT molecular complexity index is 3490. The fourth-order valence-electron chi connectivity index (χ4n) is 12.1. The number of thiophene rings is 1. The number of aromatic nitrogens is 1. The van der Waals surface area contributed by atoms with Gasteiger partial charge in [-0.15, -0.1) is 11.3 Å². The first kappa shape index (κ1) is 45.8. The van der Waals surface area contributed by atoms with Crippen molar-refractivity contribution in [2.24, 2.45) is 0 Å². The maximum absolute atomic E-state index is 2.74. The van der Waals surface area contributed by atoms with Crippen LogP contribution in [0, 0.1) is 0 Å². The molecule has 71 heavy (non-hydrogen) atoms. The van der Waals surface area contributed by atoms with Crippen molar-refractivity contribution in [3.8, 4) is 5.69 Å². The van der Waals surface area contributed by atoms with Crippen LogP contribution in [-0.4, -0.2) is 11.3 Å². The monoisotopic (exact) mass is 946 g/mol. The highest BCUT2D eigenvalue weighted by Gasteiger charge is 2.48. The largest absolute Gasteiger partial charge is 0.312 e. The molecule has 356 valence electrons. The molecule has 0 fully saturated rings. The quantitative estimate of drug-likeness (QED) is 0.159. The van der Waals surface area contributed by atoms with E-state index < -0.39 is 0 Å². The summed E-state index contributed by atoms with van der Waals surface area (Å²) in [6.07, 6.45) is 14.9. The third-order valence-electron chi connectivity index (χ3n) is 16.1. The van der Waals surface area contributed by atoms with E-state index >= 15 is 0 Å². The predicted octanol–water partition coefficient (Wildman–Crippen LogP) is 17.7. The minimum atomic E-state index is -0.0493. The van der Waals surface area contributed by atoms with E-state index in [1.165, 1.54) is 98.6 Å². The molecule has 6 aromatic carbocycles. The Morgan fingerprint density at radius 1 is 0.577 bits per heavy atom. The summed E-state index contributed by atoms with van der Waals surface area (Å²) in [6, 6.07) is 47.9. The van der Waals surface area contributed by atoms with E-state index in [4.69, 9.17) is 0 Å². The van der Waals surface area contributed by atoms with Crippen molar-refractivity contribution in [2.75, 3.05) is 9.80 Å². The van der Waals surface area contributed by atoms with Crippen molar-refractivity contribution in [1.82, 2.24) is 4.57 Å². The van der Waals surface area contributed by atoms with Crippen molar-refractivity contribution < 1.29 is 0 Å². The van der Waals surface area contributed by atoms with Gasteiger partial charge in [0, 0.05) is 55.3 Å². The summed E-state index contributed by atoms with van der Waals surface area (Å²) in [5.41, 5.74) is 23.7. The molecule has 2 aliphatic carbocycles. The first-order valence-corrected chi connectivity index (χ1v) is 26.9. The van der Waals surface area contributed by atoms with Crippen LogP contribution in [0.5, 0.6) is 0 Å². The van der Waals surface area contributed by atoms with Gasteiger partial charge in [0.2, 0.25) is 6.71 Å². The average molecular weight is 946 g/mol. The van der Waals surface area contributed by atoms with E-state index in [-0.39, 0.29) is 34.2 Å². The van der Waals surface area contributed by atoms with Crippen LogP contribution in [0.15, 0.2) is 146 Å². The second-order valence-corrected chi connectivity index (χ2v) is 26.0. The molecule has 0 radical (unpaired) electrons. The highest BCUT2D eigenvalue weighted by molar-refractivity contribution is 7.26. The number of fused-ring (bicyclic) bond motifs is 9. The molecular formula is C66H68BN3S. The lowest BCUT2D eigenvalue weighted by Crippen LogP contribution is -2.57. The summed E-state index contributed by atoms with van der Waals surface area (Å²) in [4.78, 5) is 5.25. The zero-order chi connectivity index (χ0) is 49.5. The Morgan fingerprint density at radius 2 is 1.18 bits per heavy atom. The number of rotatable bonds is 5. The Labute approximate surface area is 427 Å². The molecule has 0 saturated carbocycles. The molecule has 0 amide bonds. The van der Waals surface area contributed by atoms with Crippen molar-refractivity contribution in [2.45, 2.75) is 130 Å². The molecule has 12 rings (SSSR count). The molecule has 0 bridgehead atoms. The summed E-state index contributed by atoms with van der Waals surface area (Å²) in [7, 11) is 0. The fraction of sp³-hybridized carbons (Fsp3) is 0.303. The maximum atomic E-state index is 2.74. The van der Waals surface area contributed by atoms with E-state index in [1.54, 1.807) is 0 Å². The van der Waals surface area contributed by atoms with E-state index in [0.717, 1.165) is 36.3 Å². The van der Waals surface area contributed by atoms with Gasteiger partial charge in [0.05, 0.1) is 21.6 Å². The summed E-state index contributed by atoms with van der Waals surface area (Å²) in [6.45, 7) is 28.2. The average Bonchev–Trinajstić information content (AvgIpc) is 3.88. The number of allylic oxidation sites excluding steroid dienone is 5. The second kappa shape index (κ2) is 16.1. The van der Waals surface area contributed by atoms with Crippen LogP contribution in [0.25, 0.3) is 37.6 Å². The molecule has 0 spiro atoms. The van der Waals surface area contributed by atoms with Gasteiger partial charge in [-0.05, 0) is 146 Å². The van der Waals surface area contributed by atoms with Crippen LogP contribution in [0.1, 0.15) is 147 Å². The third kappa shape index (κ3) is 7.43. The molecule has 4 aliphatic rings. The second-order valence-electron chi connectivity index (χ2n) is 25.0. The zero-order valence-corrected chi connectivity index (χ0v) is 44.8. The lowest BCUT2D eigenvalue weighted by Gasteiger charge is -2.45. The van der Waals surface area contributed by atoms with E-state index in [0.29, 0.717) is 0 Å². The lowest BCUT2D eigenvalue weighted by atomic mass is 9.29. The van der Waals surface area contributed by atoms with E-state index in [2.05, 4.69) is 249 Å². The highest BCUT2D eigenvalue weighted by atomic mass is 32.1. The molecule has 2 aromatic heterocycles. The van der Waals surface area contributed by atoms with Crippen molar-refractivity contribution in [3.63, 3.8) is 0 Å². The lowest BCUT2D eigenvalue weighted by molar-refractivity contribution is 0.589. The van der Waals surface area contributed by atoms with Crippen LogP contribution in [0.4, 0.5) is 34.1 Å². The molecule has 0 saturated heterocycles. The van der Waals surface area contributed by atoms with Gasteiger partial charge in [-0.1, -0.05) is 174 Å². The number of anilines is 6. The summed E-state index contributed by atoms with van der Waals surface area (Å²) in [5, 5.41) is 1.33. The minimum Gasteiger partial charge on any atom is -0.312 e. The van der Waals surface area contributed by atoms with Crippen LogP contribution in [-0.2, 0) is 21.7 Å². The topological polar surface area (TPSA) is 11.4 Å². The number of hydrogen-bond donors (Lipinski definition) is 0. The van der Waals surface area contributed by atoms with Gasteiger partial charge in [-0.3, -0.25) is 0 Å². The number of nitrogens with zero attached hydrogens (tertiary/aromatic N) is 3. The number of benzene rings is 6. The molecular weight excluding hydrogens is 878 g/mol. The zero-order valence-electron chi connectivity index (χ0n) is 44.0. The SMILES string of the molecule is CC(C)(C)c1ccc(N(c2ccc(C(C)(C)C)cc2)c2cc3c4c(c2)-n2c5c(c6sc7ccccc7c62)C=CCC5B4c2ccc(C(C)(C)C)cc2N3c2ccc(C(C)(C)C)cc2C2=CC=CCC2)cc1. The van der Waals surface area contributed by atoms with Crippen LogP contribution in [0.2, 0.25) is 0 Å². The molecule has 3 nitrogen and oxygen atoms in total. The maximum Gasteiger partial charge on any atom is 0.226 e. The van der Waals surface area contributed by atoms with E-state index in [1.807, 2.05) is 11.3 Å². The van der Waals surface area contributed by atoms with Gasteiger partial charge < -0.3 is 14.4 Å². The molecule has 1 unspecified atom stereocenters. The van der Waals surface area contributed by atoms with E-state index in [9.17, 15) is 0 Å². The molecule has 2 aliphatic heterocycles. The Hall–Kier alpha value is -6.30. The van der Waals surface area contributed by atoms with Crippen LogP contribution in [0.3, 0.4) is 0 Å². The molecule has 5 heteroatoms. The minimum absolute atomic E-state index is 0.0149. The number of hydrogen-bond acceptors (Lipinski definition) is 3. The van der Waals surface area contributed by atoms with Gasteiger partial charge >= 0.3 is 0 Å². The van der Waals surface area contributed by atoms with Gasteiger partial charge in [-0.2, -0.15) is 0 Å². The Morgan fingerprint density at radius 3 is 1.82 bits per heavy atom. The smallest absolute Gasteiger partial charge is 0.226 e. The summed E-state index contributed by atoms with van der Waals surface area (Å²) >= 11 is 1.96. The van der Waals surface area contributed by atoms with Gasteiger partial charge in [0.15, 0.2) is 0 Å². The molecule has 0 N–H and O–H groups in total. The van der Waals surface area contributed by atoms with Crippen molar-refractivity contribution in [3.05, 3.63) is 185 Å². The first-order valence-electron chi connectivity index (χ1n) is 26.1. The standard InChI is InChI=1S/C66H68BN3S/c1-63(2,3)42-25-31-46(32-26-42)68(47-33-27-43(28-34-47)64(4,5)6)48-39-56-59-57(40-48)70-60-50(62-61(70)49-21-16-17-24-58(49)71-62)22-18-23-53(60)67(59)52-35-29-45(66(10,11)12)38-55(52)69(56)54-36-30-44(65(7,8)9)37-51(54)41-19-14-13-15-20-41/h13-14,16-19,21-22,24-40,53H,15,20,23H2,1-12H3. The summed E-state index contributed by atoms with van der Waals surface area (Å²) < 4.78 is 5.47. The molecule has 1 atom stereocenters. The Kier molecular flexibility index (Phi) is 10.4. The predicted molar refractivity (Wildman–Crippen MR) is 311 cm³/mol. The van der Waals surface area contributed by atoms with Crippen molar-refractivity contribution in [1.29, 1.82) is 0 Å². The van der Waals surface area contributed by atoms with Gasteiger partial charge in [0.25, 0.3) is 0 Å². The highest BCUT2D eigenvalue weighted by Crippen LogP contribution is 2.54. The van der Waals surface area contributed by atoms with Gasteiger partial charge in [-0.25, -0.2) is 0 Å². The van der Waals surface area contributed by atoms with Crippen molar-refractivity contribution >= 4 is 95.1 Å². The Balaban J connectivity index is 1.23. The normalized spacial score (nSPS) is 16.3.